The lowest BCUT2D eigenvalue weighted by Gasteiger charge is -2.71. The quantitative estimate of drug-likeness (QED) is 0.0680. The summed E-state index contributed by atoms with van der Waals surface area (Å²) in [6.07, 6.45) is -23.7. The fraction of sp³-hybridized carbons (Fsp3) is 0.943. The van der Waals surface area contributed by atoms with Crippen LogP contribution in [0.3, 0.4) is 0 Å². The molecule has 0 spiro atoms. The highest BCUT2D eigenvalue weighted by molar-refractivity contribution is 5.80. The normalized spacial score (nSPS) is 54.5. The van der Waals surface area contributed by atoms with Gasteiger partial charge < -0.3 is 104 Å². The number of carbonyl (C=O) groups excluding carboxylic acids is 1. The number of fused-ring (bicyclic) bond motifs is 7. The highest BCUT2D eigenvalue weighted by atomic mass is 16.8. The molecule has 4 aliphatic heterocycles. The van der Waals surface area contributed by atoms with E-state index in [4.69, 9.17) is 37.9 Å². The minimum absolute atomic E-state index is 0.148. The van der Waals surface area contributed by atoms with Gasteiger partial charge in [0.25, 0.3) is 0 Å². The summed E-state index contributed by atoms with van der Waals surface area (Å²) >= 11 is 0. The van der Waals surface area contributed by atoms with Crippen LogP contribution in [0.1, 0.15) is 113 Å². The van der Waals surface area contributed by atoms with Gasteiger partial charge in [-0.15, -0.1) is 0 Å². The van der Waals surface area contributed by atoms with Crippen LogP contribution in [0.15, 0.2) is 11.6 Å². The number of aliphatic hydroxyl groups is 13. The summed E-state index contributed by atoms with van der Waals surface area (Å²) in [5, 5.41) is 141. The maximum Gasteiger partial charge on any atom is 0.317 e. The molecule has 0 amide bonds. The van der Waals surface area contributed by atoms with E-state index in [0.29, 0.717) is 19.3 Å². The standard InChI is InChI=1S/C53H86O22/c1-22-32(57)35(60)39(64)45(70-22)74-42-26(19-54)71-43(41(66)37(42)62)69-21-27-34(59)36(61)40(65)46(72-27)75-47(67)53-16-15-48(2,3)17-24(53)23-9-10-29-50(6)13-12-31(73-44-38(63)33(58)25(55)20-68-44)49(4,5)28(50)11-14-51(29,7)52(23,8)18-30(53)56/h9,22,24-46,54-66H,10-21H2,1-8H3/t22-,24-,25-,26+,27+,28-,29+,30+,31-,32-,33-,34+,35+,36-,37+,38+,39+,40+,41+,42+,43+,44-,45-,46-,50-,51+,52+,53+/m0/s1. The number of hydrogen-bond donors (Lipinski definition) is 13. The van der Waals surface area contributed by atoms with Crippen LogP contribution in [0.25, 0.3) is 0 Å². The average Bonchev–Trinajstić information content (AvgIpc) is 3.34. The van der Waals surface area contributed by atoms with Crippen LogP contribution in [-0.4, -0.2) is 221 Å². The Hall–Kier alpha value is -1.59. The van der Waals surface area contributed by atoms with E-state index in [9.17, 15) is 66.4 Å². The van der Waals surface area contributed by atoms with Gasteiger partial charge in [-0.25, -0.2) is 0 Å². The minimum Gasteiger partial charge on any atom is -0.432 e. The van der Waals surface area contributed by atoms with Gasteiger partial charge in [-0.2, -0.15) is 0 Å². The Morgan fingerprint density at radius 2 is 1.28 bits per heavy atom. The van der Waals surface area contributed by atoms with Crippen molar-refractivity contribution in [2.45, 2.75) is 242 Å². The first kappa shape index (κ1) is 58.1. The Labute approximate surface area is 437 Å². The third-order valence-electron chi connectivity index (χ3n) is 21.0. The molecule has 0 bridgehead atoms. The molecule has 0 aromatic heterocycles. The van der Waals surface area contributed by atoms with E-state index in [-0.39, 0.29) is 59.0 Å². The smallest absolute Gasteiger partial charge is 0.317 e. The lowest BCUT2D eigenvalue weighted by molar-refractivity contribution is -0.361. The number of rotatable bonds is 10. The monoisotopic (exact) mass is 1070 g/mol. The van der Waals surface area contributed by atoms with E-state index in [1.54, 1.807) is 0 Å². The van der Waals surface area contributed by atoms with Gasteiger partial charge in [0.05, 0.1) is 38.1 Å². The summed E-state index contributed by atoms with van der Waals surface area (Å²) in [5.41, 5.74) is -2.03. The summed E-state index contributed by atoms with van der Waals surface area (Å²) in [7, 11) is 0. The molecule has 0 radical (unpaired) electrons. The molecule has 4 heterocycles. The zero-order valence-electron chi connectivity index (χ0n) is 44.4. The average molecular weight is 1080 g/mol. The summed E-state index contributed by atoms with van der Waals surface area (Å²) in [4.78, 5) is 15.2. The number of carbonyl (C=O) groups is 1. The van der Waals surface area contributed by atoms with Crippen LogP contribution < -0.4 is 0 Å². The van der Waals surface area contributed by atoms with Crippen molar-refractivity contribution in [1.29, 1.82) is 0 Å². The molecule has 0 unspecified atom stereocenters. The lowest BCUT2D eigenvalue weighted by Crippen LogP contribution is -2.68. The minimum atomic E-state index is -1.94. The molecule has 9 aliphatic rings. The SMILES string of the molecule is C[C@@H]1O[C@@H](O[C@H]2[C@H](O)[C@@H](O)[C@H](OC[C@H]3O[C@@H](OC(=O)[C@]45CCC(C)(C)C[C@H]4C4=CC[C@@H]6[C@@]7(C)CC[C@H](O[C@@H]8OC[C@H](O)[C@H](O)[C@H]8O)C(C)(C)[C@@H]7CC[C@@]6(C)[C@]4(C)C[C@H]5O)[C@H](O)[C@@H](O)[C@@H]3O)O[C@@H]2CO)[C@H](O)[C@H](O)[C@H]1O. The molecule has 0 aromatic rings. The number of hydrogen-bond acceptors (Lipinski definition) is 22. The first-order valence-corrected chi connectivity index (χ1v) is 27.2. The first-order valence-electron chi connectivity index (χ1n) is 27.2. The molecule has 75 heavy (non-hydrogen) atoms. The van der Waals surface area contributed by atoms with Gasteiger partial charge in [-0.1, -0.05) is 60.1 Å². The predicted octanol–water partition coefficient (Wildman–Crippen LogP) is -1.40. The molecule has 0 aromatic carbocycles. The number of aliphatic hydroxyl groups excluding tert-OH is 13. The van der Waals surface area contributed by atoms with Crippen molar-refractivity contribution in [3.63, 3.8) is 0 Å². The van der Waals surface area contributed by atoms with Crippen molar-refractivity contribution < 1.29 is 109 Å². The van der Waals surface area contributed by atoms with E-state index in [1.807, 2.05) is 0 Å². The van der Waals surface area contributed by atoms with Crippen molar-refractivity contribution in [3.05, 3.63) is 11.6 Å². The van der Waals surface area contributed by atoms with Crippen molar-refractivity contribution in [1.82, 2.24) is 0 Å². The van der Waals surface area contributed by atoms with Gasteiger partial charge in [0.15, 0.2) is 18.9 Å². The number of ether oxygens (including phenoxy) is 8. The molecule has 4 saturated carbocycles. The molecule has 22 nitrogen and oxygen atoms in total. The fourth-order valence-electron chi connectivity index (χ4n) is 16.2. The Morgan fingerprint density at radius 1 is 0.640 bits per heavy atom. The molecule has 8 fully saturated rings. The third-order valence-corrected chi connectivity index (χ3v) is 21.0. The first-order chi connectivity index (χ1) is 35.0. The van der Waals surface area contributed by atoms with E-state index in [1.165, 1.54) is 6.92 Å². The van der Waals surface area contributed by atoms with Gasteiger partial charge in [0.2, 0.25) is 6.29 Å². The van der Waals surface area contributed by atoms with Gasteiger partial charge in [-0.3, -0.25) is 4.79 Å². The maximum atomic E-state index is 15.2. The summed E-state index contributed by atoms with van der Waals surface area (Å²) in [5.74, 6) is -0.921. The van der Waals surface area contributed by atoms with Crippen molar-refractivity contribution >= 4 is 5.97 Å². The fourth-order valence-corrected chi connectivity index (χ4v) is 16.2. The molecule has 28 atom stereocenters. The Balaban J connectivity index is 0.906. The highest BCUT2D eigenvalue weighted by Gasteiger charge is 2.72. The van der Waals surface area contributed by atoms with Crippen molar-refractivity contribution in [2.75, 3.05) is 19.8 Å². The topological polar surface area (TPSA) is 354 Å². The van der Waals surface area contributed by atoms with Gasteiger partial charge in [0.1, 0.15) is 90.9 Å². The van der Waals surface area contributed by atoms with Crippen LogP contribution in [0.4, 0.5) is 0 Å². The van der Waals surface area contributed by atoms with Crippen molar-refractivity contribution in [3.8, 4) is 0 Å². The molecule has 22 heteroatoms. The Morgan fingerprint density at radius 3 is 1.97 bits per heavy atom. The number of allylic oxidation sites excluding steroid dienone is 2. The third kappa shape index (κ3) is 9.40. The van der Waals surface area contributed by atoms with Gasteiger partial charge in [0, 0.05) is 0 Å². The highest BCUT2D eigenvalue weighted by Crippen LogP contribution is 2.76. The van der Waals surface area contributed by atoms with E-state index in [2.05, 4.69) is 54.5 Å². The molecule has 13 N–H and O–H groups in total. The lowest BCUT2D eigenvalue weighted by atomic mass is 9.33. The Bertz CT molecular complexity index is 2080. The van der Waals surface area contributed by atoms with Crippen LogP contribution in [-0.2, 0) is 42.7 Å². The zero-order chi connectivity index (χ0) is 54.9. The van der Waals surface area contributed by atoms with Crippen LogP contribution in [0, 0.1) is 50.2 Å². The second kappa shape index (κ2) is 20.7. The van der Waals surface area contributed by atoms with Crippen LogP contribution in [0.2, 0.25) is 0 Å². The van der Waals surface area contributed by atoms with Gasteiger partial charge >= 0.3 is 5.97 Å². The van der Waals surface area contributed by atoms with Crippen LogP contribution >= 0.6 is 0 Å². The number of esters is 1. The Kier molecular flexibility index (Phi) is 16.1. The van der Waals surface area contributed by atoms with Crippen LogP contribution in [0.5, 0.6) is 0 Å². The predicted molar refractivity (Wildman–Crippen MR) is 257 cm³/mol. The van der Waals surface area contributed by atoms with E-state index < -0.39 is 159 Å². The van der Waals surface area contributed by atoms with Gasteiger partial charge in [-0.05, 0) is 110 Å². The molecular weight excluding hydrogens is 989 g/mol. The van der Waals surface area contributed by atoms with E-state index in [0.717, 1.165) is 31.3 Å². The second-order valence-corrected chi connectivity index (χ2v) is 26.0. The molecular formula is C53H86O22. The molecule has 4 saturated heterocycles. The molecule has 9 rings (SSSR count). The summed E-state index contributed by atoms with van der Waals surface area (Å²) in [6, 6.07) is 0. The maximum absolute atomic E-state index is 15.2. The zero-order valence-corrected chi connectivity index (χ0v) is 44.4. The second-order valence-electron chi connectivity index (χ2n) is 26.0. The van der Waals surface area contributed by atoms with E-state index >= 15 is 4.79 Å². The molecule has 5 aliphatic carbocycles. The molecule has 430 valence electrons. The summed E-state index contributed by atoms with van der Waals surface area (Å²) < 4.78 is 46.9. The van der Waals surface area contributed by atoms with Crippen molar-refractivity contribution in [2.24, 2.45) is 50.2 Å². The largest absolute Gasteiger partial charge is 0.432 e. The summed E-state index contributed by atoms with van der Waals surface area (Å²) in [6.45, 7) is 15.5.